The van der Waals surface area contributed by atoms with Gasteiger partial charge < -0.3 is 19.7 Å². The predicted molar refractivity (Wildman–Crippen MR) is 74.2 cm³/mol. The predicted octanol–water partition coefficient (Wildman–Crippen LogP) is 1.64. The molecule has 6 nitrogen and oxygen atoms in total. The van der Waals surface area contributed by atoms with Gasteiger partial charge in [0.05, 0.1) is 0 Å². The maximum atomic E-state index is 6.16. The Bertz CT molecular complexity index is 433. The van der Waals surface area contributed by atoms with Crippen LogP contribution in [-0.4, -0.2) is 36.5 Å². The monoisotopic (exact) mass is 283 g/mol. The Kier molecular flexibility index (Phi) is 4.46. The van der Waals surface area contributed by atoms with Crippen molar-refractivity contribution in [3.8, 4) is 0 Å². The van der Waals surface area contributed by atoms with Crippen LogP contribution in [0, 0.1) is 5.41 Å². The van der Waals surface area contributed by atoms with E-state index in [1.807, 2.05) is 0 Å². The van der Waals surface area contributed by atoms with Crippen LogP contribution in [0.15, 0.2) is 4.52 Å². The highest BCUT2D eigenvalue weighted by atomic mass is 16.5. The number of hydrogen-bond donors (Lipinski definition) is 1. The van der Waals surface area contributed by atoms with Gasteiger partial charge in [-0.25, -0.2) is 0 Å². The normalized spacial score (nSPS) is 20.9. The van der Waals surface area contributed by atoms with Crippen LogP contribution in [0.4, 0.5) is 0 Å². The largest absolute Gasteiger partial charge is 0.381 e. The lowest BCUT2D eigenvalue weighted by molar-refractivity contribution is -0.101. The molecule has 20 heavy (non-hydrogen) atoms. The average Bonchev–Trinajstić information content (AvgIpc) is 2.87. The zero-order valence-electron chi connectivity index (χ0n) is 12.8. The first-order valence-corrected chi connectivity index (χ1v) is 7.09. The molecule has 6 heteroatoms. The smallest absolute Gasteiger partial charge is 0.228 e. The summed E-state index contributed by atoms with van der Waals surface area (Å²) in [7, 11) is 1.68. The summed E-state index contributed by atoms with van der Waals surface area (Å²) in [6.07, 6.45) is 2.06. The number of methoxy groups -OCH3 is 1. The summed E-state index contributed by atoms with van der Waals surface area (Å²) >= 11 is 0. The van der Waals surface area contributed by atoms with Crippen LogP contribution in [0.25, 0.3) is 0 Å². The Balaban J connectivity index is 2.11. The van der Waals surface area contributed by atoms with E-state index in [9.17, 15) is 0 Å². The van der Waals surface area contributed by atoms with E-state index in [0.29, 0.717) is 31.3 Å². The van der Waals surface area contributed by atoms with Crippen molar-refractivity contribution in [1.82, 2.24) is 10.1 Å². The summed E-state index contributed by atoms with van der Waals surface area (Å²) in [4.78, 5) is 4.49. The van der Waals surface area contributed by atoms with Crippen molar-refractivity contribution < 1.29 is 14.0 Å². The molecule has 1 fully saturated rings. The van der Waals surface area contributed by atoms with Crippen LogP contribution in [0.2, 0.25) is 0 Å². The number of aromatic nitrogens is 2. The van der Waals surface area contributed by atoms with Gasteiger partial charge in [-0.3, -0.25) is 0 Å². The minimum atomic E-state index is -0.480. The van der Waals surface area contributed by atoms with Gasteiger partial charge in [0.15, 0.2) is 0 Å². The van der Waals surface area contributed by atoms with Crippen LogP contribution in [-0.2, 0) is 21.5 Å². The summed E-state index contributed by atoms with van der Waals surface area (Å²) in [6.45, 7) is 7.61. The molecule has 2 heterocycles. The summed E-state index contributed by atoms with van der Waals surface area (Å²) in [5.74, 6) is 1.18. The molecule has 0 saturated carbocycles. The summed E-state index contributed by atoms with van der Waals surface area (Å²) in [6, 6.07) is -0.0241. The summed E-state index contributed by atoms with van der Waals surface area (Å²) in [5.41, 5.74) is 5.68. The molecule has 2 N–H and O–H groups in total. The number of rotatable bonds is 4. The van der Waals surface area contributed by atoms with Crippen LogP contribution >= 0.6 is 0 Å². The quantitative estimate of drug-likeness (QED) is 0.904. The van der Waals surface area contributed by atoms with Gasteiger partial charge in [-0.2, -0.15) is 4.98 Å². The second-order valence-corrected chi connectivity index (χ2v) is 6.50. The molecule has 114 valence electrons. The molecule has 1 aromatic heterocycles. The highest BCUT2D eigenvalue weighted by Gasteiger charge is 2.39. The second-order valence-electron chi connectivity index (χ2n) is 6.50. The molecule has 0 aliphatic carbocycles. The van der Waals surface area contributed by atoms with E-state index >= 15 is 0 Å². The Morgan fingerprint density at radius 3 is 2.55 bits per heavy atom. The van der Waals surface area contributed by atoms with Crippen molar-refractivity contribution in [1.29, 1.82) is 0 Å². The molecular weight excluding hydrogens is 258 g/mol. The maximum absolute atomic E-state index is 6.16. The van der Waals surface area contributed by atoms with E-state index in [4.69, 9.17) is 19.7 Å². The Morgan fingerprint density at radius 2 is 2.00 bits per heavy atom. The lowest BCUT2D eigenvalue weighted by Gasteiger charge is -2.32. The van der Waals surface area contributed by atoms with E-state index in [0.717, 1.165) is 12.8 Å². The molecule has 0 bridgehead atoms. The third-order valence-corrected chi connectivity index (χ3v) is 4.07. The van der Waals surface area contributed by atoms with Crippen molar-refractivity contribution in [2.24, 2.45) is 11.1 Å². The topological polar surface area (TPSA) is 83.4 Å². The molecule has 2 rings (SSSR count). The number of ether oxygens (including phenoxy) is 2. The average molecular weight is 283 g/mol. The minimum absolute atomic E-state index is 0.00621. The van der Waals surface area contributed by atoms with Crippen molar-refractivity contribution >= 4 is 0 Å². The zero-order valence-corrected chi connectivity index (χ0v) is 12.8. The van der Waals surface area contributed by atoms with E-state index < -0.39 is 5.60 Å². The Hall–Kier alpha value is -0.980. The molecule has 0 aromatic carbocycles. The molecule has 1 aliphatic rings. The Labute approximate surface area is 120 Å². The van der Waals surface area contributed by atoms with E-state index in [1.54, 1.807) is 7.11 Å². The molecule has 1 aliphatic heterocycles. The molecule has 1 atom stereocenters. The number of nitrogens with zero attached hydrogens (tertiary/aromatic N) is 2. The van der Waals surface area contributed by atoms with E-state index in [1.165, 1.54) is 0 Å². The highest BCUT2D eigenvalue weighted by Crippen LogP contribution is 2.33. The van der Waals surface area contributed by atoms with Gasteiger partial charge in [0.1, 0.15) is 5.60 Å². The van der Waals surface area contributed by atoms with Crippen LogP contribution in [0.5, 0.6) is 0 Å². The Morgan fingerprint density at radius 1 is 1.35 bits per heavy atom. The van der Waals surface area contributed by atoms with Gasteiger partial charge in [-0.05, 0) is 5.41 Å². The van der Waals surface area contributed by atoms with Crippen LogP contribution in [0.1, 0.15) is 45.3 Å². The highest BCUT2D eigenvalue weighted by molar-refractivity contribution is 5.04. The van der Waals surface area contributed by atoms with Gasteiger partial charge in [-0.15, -0.1) is 0 Å². The fourth-order valence-electron chi connectivity index (χ4n) is 2.24. The zero-order chi connectivity index (χ0) is 14.8. The van der Waals surface area contributed by atoms with Gasteiger partial charge in [0.2, 0.25) is 11.7 Å². The van der Waals surface area contributed by atoms with Crippen molar-refractivity contribution in [2.45, 2.75) is 51.7 Å². The SMILES string of the molecule is COC1(c2noc(CC(N)C(C)(C)C)n2)CCOCC1. The molecule has 0 radical (unpaired) electrons. The molecule has 1 saturated heterocycles. The first-order valence-electron chi connectivity index (χ1n) is 7.09. The fraction of sp³-hybridized carbons (Fsp3) is 0.857. The van der Waals surface area contributed by atoms with Crippen LogP contribution in [0.3, 0.4) is 0 Å². The third-order valence-electron chi connectivity index (χ3n) is 4.07. The van der Waals surface area contributed by atoms with Crippen LogP contribution < -0.4 is 5.73 Å². The van der Waals surface area contributed by atoms with Crippen molar-refractivity contribution in [2.75, 3.05) is 20.3 Å². The van der Waals surface area contributed by atoms with Crippen molar-refractivity contribution in [3.05, 3.63) is 11.7 Å². The molecule has 0 amide bonds. The van der Waals surface area contributed by atoms with E-state index in [-0.39, 0.29) is 11.5 Å². The van der Waals surface area contributed by atoms with Gasteiger partial charge in [0.25, 0.3) is 0 Å². The second kappa shape index (κ2) is 5.79. The lowest BCUT2D eigenvalue weighted by Crippen LogP contribution is -2.37. The molecule has 1 aromatic rings. The first kappa shape index (κ1) is 15.4. The molecular formula is C14H25N3O3. The summed E-state index contributed by atoms with van der Waals surface area (Å²) < 4.78 is 16.4. The fourth-order valence-corrected chi connectivity index (χ4v) is 2.24. The number of nitrogens with two attached hydrogens (primary N) is 1. The lowest BCUT2D eigenvalue weighted by atomic mass is 9.85. The van der Waals surface area contributed by atoms with Crippen molar-refractivity contribution in [3.63, 3.8) is 0 Å². The third kappa shape index (κ3) is 3.19. The first-order chi connectivity index (χ1) is 9.37. The van der Waals surface area contributed by atoms with Gasteiger partial charge in [0, 0.05) is 45.6 Å². The molecule has 0 spiro atoms. The maximum Gasteiger partial charge on any atom is 0.228 e. The standard InChI is InChI=1S/C14H25N3O3/c1-13(2,3)10(15)9-11-16-12(17-20-11)14(18-4)5-7-19-8-6-14/h10H,5-9,15H2,1-4H3. The molecule has 1 unspecified atom stereocenters. The van der Waals surface area contributed by atoms with Gasteiger partial charge in [-0.1, -0.05) is 25.9 Å². The minimum Gasteiger partial charge on any atom is -0.381 e. The number of hydrogen-bond acceptors (Lipinski definition) is 6. The summed E-state index contributed by atoms with van der Waals surface area (Å²) in [5, 5.41) is 4.10. The van der Waals surface area contributed by atoms with E-state index in [2.05, 4.69) is 30.9 Å². The van der Waals surface area contributed by atoms with Gasteiger partial charge >= 0.3 is 0 Å².